The number of likely N-dealkylation sites (tertiary alicyclic amines) is 1. The Morgan fingerprint density at radius 3 is 2.42 bits per heavy atom. The van der Waals surface area contributed by atoms with Gasteiger partial charge in [-0.05, 0) is 59.6 Å². The molecule has 0 amide bonds. The van der Waals surface area contributed by atoms with Crippen LogP contribution in [0.1, 0.15) is 29.8 Å². The highest BCUT2D eigenvalue weighted by Crippen LogP contribution is 2.36. The van der Waals surface area contributed by atoms with Gasteiger partial charge in [0.1, 0.15) is 17.3 Å². The first-order chi connectivity index (χ1) is 15.2. The molecule has 0 N–H and O–H groups in total. The number of methoxy groups -OCH3 is 2. The molecule has 2 heterocycles. The van der Waals surface area contributed by atoms with Gasteiger partial charge < -0.3 is 14.0 Å². The van der Waals surface area contributed by atoms with Gasteiger partial charge in [0.25, 0.3) is 0 Å². The zero-order valence-corrected chi connectivity index (χ0v) is 20.3. The first-order valence-corrected chi connectivity index (χ1v) is 12.2. The minimum Gasteiger partial charge on any atom is -0.496 e. The molecule has 0 bridgehead atoms. The van der Waals surface area contributed by atoms with Crippen LogP contribution < -0.4 is 9.47 Å². The Kier molecular flexibility index (Phi) is 7.53. The van der Waals surface area contributed by atoms with Crippen LogP contribution in [0.5, 0.6) is 11.5 Å². The van der Waals surface area contributed by atoms with E-state index < -0.39 is 0 Å². The van der Waals surface area contributed by atoms with Crippen LogP contribution in [-0.2, 0) is 18.8 Å². The van der Waals surface area contributed by atoms with Crippen LogP contribution in [0, 0.1) is 0 Å². The molecule has 4 rings (SSSR count). The molecule has 0 unspecified atom stereocenters. The third-order valence-electron chi connectivity index (χ3n) is 5.45. The second-order valence-electron chi connectivity index (χ2n) is 7.54. The summed E-state index contributed by atoms with van der Waals surface area (Å²) in [6, 6.07) is 14.5. The van der Waals surface area contributed by atoms with Gasteiger partial charge in [0.05, 0.1) is 31.8 Å². The van der Waals surface area contributed by atoms with E-state index in [2.05, 4.69) is 59.9 Å². The predicted molar refractivity (Wildman–Crippen MR) is 127 cm³/mol. The van der Waals surface area contributed by atoms with Crippen molar-refractivity contribution in [1.82, 2.24) is 19.7 Å². The lowest BCUT2D eigenvalue weighted by Gasteiger charge is -2.16. The second kappa shape index (κ2) is 10.5. The van der Waals surface area contributed by atoms with E-state index in [0.717, 1.165) is 58.7 Å². The Morgan fingerprint density at radius 1 is 0.968 bits per heavy atom. The lowest BCUT2D eigenvalue weighted by atomic mass is 10.2. The van der Waals surface area contributed by atoms with Crippen molar-refractivity contribution in [2.24, 2.45) is 0 Å². The van der Waals surface area contributed by atoms with Gasteiger partial charge >= 0.3 is 0 Å². The Balaban J connectivity index is 1.58. The molecule has 164 valence electrons. The molecular weight excluding hydrogens is 476 g/mol. The maximum atomic E-state index is 5.59. The van der Waals surface area contributed by atoms with Crippen LogP contribution in [0.15, 0.2) is 52.1 Å². The van der Waals surface area contributed by atoms with Crippen molar-refractivity contribution in [2.75, 3.05) is 27.3 Å². The largest absolute Gasteiger partial charge is 0.496 e. The highest BCUT2D eigenvalue weighted by molar-refractivity contribution is 9.10. The summed E-state index contributed by atoms with van der Waals surface area (Å²) in [6.07, 6.45) is 2.53. The third-order valence-corrected chi connectivity index (χ3v) is 7.09. The van der Waals surface area contributed by atoms with Gasteiger partial charge in [0.2, 0.25) is 0 Å². The Hall–Kier alpha value is -2.03. The Labute approximate surface area is 196 Å². The average molecular weight is 503 g/mol. The van der Waals surface area contributed by atoms with Crippen LogP contribution in [0.25, 0.3) is 0 Å². The summed E-state index contributed by atoms with van der Waals surface area (Å²) in [5.74, 6) is 3.35. The van der Waals surface area contributed by atoms with Crippen LogP contribution in [0.2, 0.25) is 0 Å². The van der Waals surface area contributed by atoms with E-state index >= 15 is 0 Å². The molecule has 0 spiro atoms. The van der Waals surface area contributed by atoms with Gasteiger partial charge in [0, 0.05) is 11.3 Å². The Morgan fingerprint density at radius 2 is 1.71 bits per heavy atom. The summed E-state index contributed by atoms with van der Waals surface area (Å²) in [5.41, 5.74) is 2.30. The van der Waals surface area contributed by atoms with Gasteiger partial charge in [-0.15, -0.1) is 10.2 Å². The van der Waals surface area contributed by atoms with E-state index in [9.17, 15) is 0 Å². The summed E-state index contributed by atoms with van der Waals surface area (Å²) < 4.78 is 14.2. The topological polar surface area (TPSA) is 52.4 Å². The van der Waals surface area contributed by atoms with Crippen LogP contribution in [0.3, 0.4) is 0 Å². The van der Waals surface area contributed by atoms with E-state index in [1.54, 1.807) is 26.0 Å². The molecule has 0 aliphatic carbocycles. The van der Waals surface area contributed by atoms with Crippen LogP contribution in [0.4, 0.5) is 0 Å². The number of benzene rings is 2. The summed E-state index contributed by atoms with van der Waals surface area (Å²) in [7, 11) is 3.36. The van der Waals surface area contributed by atoms with Crippen molar-refractivity contribution in [2.45, 2.75) is 36.8 Å². The fourth-order valence-electron chi connectivity index (χ4n) is 3.79. The van der Waals surface area contributed by atoms with Crippen molar-refractivity contribution in [3.05, 3.63) is 63.9 Å². The highest BCUT2D eigenvalue weighted by atomic mass is 79.9. The number of rotatable bonds is 9. The van der Waals surface area contributed by atoms with Crippen molar-refractivity contribution in [1.29, 1.82) is 0 Å². The second-order valence-corrected chi connectivity index (χ2v) is 9.34. The average Bonchev–Trinajstić information content (AvgIpc) is 3.44. The fourth-order valence-corrected chi connectivity index (χ4v) is 5.21. The van der Waals surface area contributed by atoms with E-state index in [1.165, 1.54) is 18.4 Å². The minimum atomic E-state index is 0.712. The van der Waals surface area contributed by atoms with E-state index in [0.29, 0.717) is 5.75 Å². The molecule has 1 saturated heterocycles. The zero-order chi connectivity index (χ0) is 21.6. The quantitative estimate of drug-likeness (QED) is 0.384. The fraction of sp³-hybridized carbons (Fsp3) is 0.391. The molecule has 31 heavy (non-hydrogen) atoms. The summed E-state index contributed by atoms with van der Waals surface area (Å²) in [5, 5.41) is 10.0. The SMILES string of the molecule is COc1cc(CSc2nnc(CN3CCCC3)n2Cc2ccccc2)c(OC)cc1Br. The molecule has 0 radical (unpaired) electrons. The van der Waals surface area contributed by atoms with Gasteiger partial charge in [-0.3, -0.25) is 4.90 Å². The normalized spacial score (nSPS) is 14.2. The molecule has 0 atom stereocenters. The van der Waals surface area contributed by atoms with E-state index in [4.69, 9.17) is 9.47 Å². The van der Waals surface area contributed by atoms with Gasteiger partial charge in [-0.2, -0.15) is 0 Å². The summed E-state index contributed by atoms with van der Waals surface area (Å²) >= 11 is 5.20. The molecule has 1 aromatic heterocycles. The molecule has 3 aromatic rings. The van der Waals surface area contributed by atoms with E-state index in [-0.39, 0.29) is 0 Å². The highest BCUT2D eigenvalue weighted by Gasteiger charge is 2.19. The smallest absolute Gasteiger partial charge is 0.191 e. The van der Waals surface area contributed by atoms with Gasteiger partial charge in [0.15, 0.2) is 5.16 Å². The maximum Gasteiger partial charge on any atom is 0.191 e. The molecule has 0 saturated carbocycles. The lowest BCUT2D eigenvalue weighted by molar-refractivity contribution is 0.316. The number of halogens is 1. The number of thioether (sulfide) groups is 1. The number of hydrogen-bond donors (Lipinski definition) is 0. The number of nitrogens with zero attached hydrogens (tertiary/aromatic N) is 4. The lowest BCUT2D eigenvalue weighted by Crippen LogP contribution is -2.21. The molecule has 1 aliphatic rings. The molecule has 8 heteroatoms. The van der Waals surface area contributed by atoms with Crippen LogP contribution >= 0.6 is 27.7 Å². The summed E-state index contributed by atoms with van der Waals surface area (Å²) in [4.78, 5) is 2.46. The Bertz CT molecular complexity index is 1010. The van der Waals surface area contributed by atoms with Crippen molar-refractivity contribution in [3.8, 4) is 11.5 Å². The minimum absolute atomic E-state index is 0.712. The predicted octanol–water partition coefficient (Wildman–Crippen LogP) is 4.99. The van der Waals surface area contributed by atoms with Crippen molar-refractivity contribution in [3.63, 3.8) is 0 Å². The molecule has 6 nitrogen and oxygen atoms in total. The van der Waals surface area contributed by atoms with Crippen LogP contribution in [-0.4, -0.2) is 47.0 Å². The monoisotopic (exact) mass is 502 g/mol. The molecule has 1 aliphatic heterocycles. The number of aromatic nitrogens is 3. The first-order valence-electron chi connectivity index (χ1n) is 10.4. The molecule has 2 aromatic carbocycles. The molecular formula is C23H27BrN4O2S. The standard InChI is InChI=1S/C23H27BrN4O2S/c1-29-20-13-19(24)21(30-2)12-18(20)16-31-23-26-25-22(15-27-10-6-7-11-27)28(23)14-17-8-4-3-5-9-17/h3-5,8-9,12-13H,6-7,10-11,14-16H2,1-2H3. The van der Waals surface area contributed by atoms with Crippen molar-refractivity contribution < 1.29 is 9.47 Å². The number of hydrogen-bond acceptors (Lipinski definition) is 6. The van der Waals surface area contributed by atoms with Crippen molar-refractivity contribution >= 4 is 27.7 Å². The third kappa shape index (κ3) is 5.42. The molecule has 1 fully saturated rings. The zero-order valence-electron chi connectivity index (χ0n) is 17.9. The summed E-state index contributed by atoms with van der Waals surface area (Å²) in [6.45, 7) is 3.88. The maximum absolute atomic E-state index is 5.59. The van der Waals surface area contributed by atoms with Gasteiger partial charge in [-0.1, -0.05) is 42.1 Å². The first kappa shape index (κ1) is 22.2. The number of ether oxygens (including phenoxy) is 2. The van der Waals surface area contributed by atoms with E-state index in [1.807, 2.05) is 18.2 Å². The van der Waals surface area contributed by atoms with Gasteiger partial charge in [-0.25, -0.2) is 0 Å².